The smallest absolute Gasteiger partial charge is 0.188 e. The van der Waals surface area contributed by atoms with Crippen molar-refractivity contribution in [3.8, 4) is 0 Å². The summed E-state index contributed by atoms with van der Waals surface area (Å²) in [5, 5.41) is 3.12. The van der Waals surface area contributed by atoms with E-state index in [0.717, 1.165) is 44.5 Å². The first-order valence-corrected chi connectivity index (χ1v) is 7.24. The number of nitrogens with zero attached hydrogens (tertiary/aromatic N) is 3. The van der Waals surface area contributed by atoms with Crippen molar-refractivity contribution in [2.75, 3.05) is 13.1 Å². The van der Waals surface area contributed by atoms with Crippen LogP contribution in [-0.4, -0.2) is 34.0 Å². The number of aromatic nitrogens is 3. The highest BCUT2D eigenvalue weighted by Crippen LogP contribution is 2.00. The number of halogens is 3. The first kappa shape index (κ1) is 24.7. The van der Waals surface area contributed by atoms with Crippen molar-refractivity contribution < 1.29 is 0 Å². The Morgan fingerprint density at radius 3 is 2.62 bits per heavy atom. The molecule has 0 bridgehead atoms. The number of imidazole rings is 1. The molecule has 0 atom stereocenters. The van der Waals surface area contributed by atoms with Gasteiger partial charge in [-0.15, -0.1) is 37.2 Å². The molecular weight excluding hydrogens is 371 g/mol. The molecule has 0 aromatic carbocycles. The first-order chi connectivity index (χ1) is 10.3. The normalized spacial score (nSPS) is 10.1. The minimum Gasteiger partial charge on any atom is -0.370 e. The van der Waals surface area contributed by atoms with Gasteiger partial charge in [-0.25, -0.2) is 4.98 Å². The quantitative estimate of drug-likeness (QED) is 0.364. The van der Waals surface area contributed by atoms with Crippen LogP contribution in [0.5, 0.6) is 0 Å². The molecule has 0 aliphatic carbocycles. The van der Waals surface area contributed by atoms with Gasteiger partial charge in [0.15, 0.2) is 5.96 Å². The van der Waals surface area contributed by atoms with Gasteiger partial charge >= 0.3 is 0 Å². The number of guanidine groups is 1. The van der Waals surface area contributed by atoms with Gasteiger partial charge in [-0.05, 0) is 37.3 Å². The second-order valence-corrected chi connectivity index (χ2v) is 4.84. The molecule has 2 heterocycles. The van der Waals surface area contributed by atoms with Crippen LogP contribution in [0.3, 0.4) is 0 Å². The van der Waals surface area contributed by atoms with Crippen molar-refractivity contribution >= 4 is 43.2 Å². The van der Waals surface area contributed by atoms with Gasteiger partial charge in [0.05, 0.1) is 6.33 Å². The fourth-order valence-corrected chi connectivity index (χ4v) is 2.00. The van der Waals surface area contributed by atoms with Crippen LogP contribution >= 0.6 is 37.2 Å². The van der Waals surface area contributed by atoms with E-state index in [4.69, 9.17) is 5.73 Å². The molecular formula is C15H25Cl3N6. The minimum absolute atomic E-state index is 0. The molecule has 6 nitrogen and oxygen atoms in total. The molecule has 24 heavy (non-hydrogen) atoms. The van der Waals surface area contributed by atoms with Crippen LogP contribution in [0.25, 0.3) is 0 Å². The lowest BCUT2D eigenvalue weighted by atomic mass is 10.2. The lowest BCUT2D eigenvalue weighted by Crippen LogP contribution is -2.32. The van der Waals surface area contributed by atoms with Gasteiger partial charge in [0.25, 0.3) is 0 Å². The van der Waals surface area contributed by atoms with Gasteiger partial charge in [-0.2, -0.15) is 0 Å². The highest BCUT2D eigenvalue weighted by molar-refractivity contribution is 5.86. The molecule has 0 spiro atoms. The molecule has 136 valence electrons. The largest absolute Gasteiger partial charge is 0.370 e. The van der Waals surface area contributed by atoms with Crippen LogP contribution < -0.4 is 11.1 Å². The van der Waals surface area contributed by atoms with Gasteiger partial charge in [0.2, 0.25) is 0 Å². The average Bonchev–Trinajstić information content (AvgIpc) is 3.02. The van der Waals surface area contributed by atoms with E-state index in [0.29, 0.717) is 5.96 Å². The third-order valence-corrected chi connectivity index (χ3v) is 3.11. The van der Waals surface area contributed by atoms with Crippen molar-refractivity contribution in [1.82, 2.24) is 20.3 Å². The van der Waals surface area contributed by atoms with E-state index in [1.54, 1.807) is 12.5 Å². The molecule has 2 aromatic heterocycles. The zero-order valence-corrected chi connectivity index (χ0v) is 15.8. The Kier molecular flexibility index (Phi) is 15.5. The van der Waals surface area contributed by atoms with E-state index in [9.17, 15) is 0 Å². The van der Waals surface area contributed by atoms with E-state index in [1.165, 1.54) is 5.56 Å². The Balaban J connectivity index is 0. The number of aliphatic imine (C=N–C) groups is 1. The summed E-state index contributed by atoms with van der Waals surface area (Å²) in [5.41, 5.74) is 8.20. The minimum atomic E-state index is 0. The van der Waals surface area contributed by atoms with Crippen LogP contribution in [0.1, 0.15) is 24.1 Å². The summed E-state index contributed by atoms with van der Waals surface area (Å²) in [6.07, 6.45) is 11.1. The lowest BCUT2D eigenvalue weighted by molar-refractivity contribution is 0.750. The molecule has 0 aliphatic rings. The van der Waals surface area contributed by atoms with Crippen LogP contribution in [0.4, 0.5) is 0 Å². The molecule has 0 radical (unpaired) electrons. The van der Waals surface area contributed by atoms with Gasteiger partial charge in [-0.3, -0.25) is 9.98 Å². The summed E-state index contributed by atoms with van der Waals surface area (Å²) in [4.78, 5) is 15.5. The Morgan fingerprint density at radius 1 is 1.12 bits per heavy atom. The molecule has 4 N–H and O–H groups in total. The Bertz CT molecular complexity index is 533. The van der Waals surface area contributed by atoms with Crippen LogP contribution in [0.2, 0.25) is 0 Å². The van der Waals surface area contributed by atoms with Crippen molar-refractivity contribution in [1.29, 1.82) is 0 Å². The molecule has 0 amide bonds. The lowest BCUT2D eigenvalue weighted by Gasteiger charge is -2.05. The van der Waals surface area contributed by atoms with E-state index < -0.39 is 0 Å². The van der Waals surface area contributed by atoms with E-state index in [-0.39, 0.29) is 37.2 Å². The van der Waals surface area contributed by atoms with Crippen LogP contribution in [0, 0.1) is 0 Å². The summed E-state index contributed by atoms with van der Waals surface area (Å²) in [6, 6.07) is 4.03. The fourth-order valence-electron chi connectivity index (χ4n) is 2.00. The standard InChI is InChI=1S/C15H22N6.3ClH/c16-15(20-9-3-6-14-11-18-12-21-14)19-8-2-5-13-4-1-7-17-10-13;;;/h1,4,7,10-12H,2-3,5-6,8-9H2,(H,18,21)(H3,16,19,20);3*1H. The molecule has 0 fully saturated rings. The number of nitrogens with two attached hydrogens (primary N) is 1. The Labute approximate surface area is 161 Å². The monoisotopic (exact) mass is 394 g/mol. The SMILES string of the molecule is Cl.Cl.Cl.NC(=NCCCc1cccnc1)NCCCc1cnc[nH]1. The molecule has 0 unspecified atom stereocenters. The van der Waals surface area contributed by atoms with Crippen molar-refractivity contribution in [2.45, 2.75) is 25.7 Å². The second kappa shape index (κ2) is 15.1. The summed E-state index contributed by atoms with van der Waals surface area (Å²) in [7, 11) is 0. The van der Waals surface area contributed by atoms with Gasteiger partial charge in [0, 0.05) is 37.4 Å². The topological polar surface area (TPSA) is 92.0 Å². The predicted molar refractivity (Wildman–Crippen MR) is 106 cm³/mol. The zero-order chi connectivity index (χ0) is 14.8. The molecule has 0 aliphatic heterocycles. The maximum absolute atomic E-state index is 5.82. The molecule has 0 saturated heterocycles. The van der Waals surface area contributed by atoms with E-state index >= 15 is 0 Å². The van der Waals surface area contributed by atoms with Gasteiger partial charge < -0.3 is 16.0 Å². The first-order valence-electron chi connectivity index (χ1n) is 7.24. The third-order valence-electron chi connectivity index (χ3n) is 3.11. The highest BCUT2D eigenvalue weighted by atomic mass is 35.5. The number of H-pyrrole nitrogens is 1. The molecule has 2 rings (SSSR count). The second-order valence-electron chi connectivity index (χ2n) is 4.84. The fraction of sp³-hybridized carbons (Fsp3) is 0.400. The Morgan fingerprint density at radius 2 is 1.96 bits per heavy atom. The molecule has 0 saturated carbocycles. The number of nitrogens with one attached hydrogen (secondary N) is 2. The van der Waals surface area contributed by atoms with Crippen molar-refractivity contribution in [3.05, 3.63) is 48.3 Å². The molecule has 9 heteroatoms. The van der Waals surface area contributed by atoms with Crippen molar-refractivity contribution in [2.24, 2.45) is 10.7 Å². The summed E-state index contributed by atoms with van der Waals surface area (Å²) in [6.45, 7) is 1.55. The third kappa shape index (κ3) is 10.3. The molecule has 2 aromatic rings. The maximum atomic E-state index is 5.82. The number of aromatic amines is 1. The summed E-state index contributed by atoms with van der Waals surface area (Å²) >= 11 is 0. The summed E-state index contributed by atoms with van der Waals surface area (Å²) < 4.78 is 0. The predicted octanol–water partition coefficient (Wildman–Crippen LogP) is 2.54. The number of hydrogen-bond donors (Lipinski definition) is 3. The maximum Gasteiger partial charge on any atom is 0.188 e. The number of pyridine rings is 1. The Hall–Kier alpha value is -1.50. The van der Waals surface area contributed by atoms with E-state index in [2.05, 4.69) is 31.3 Å². The van der Waals surface area contributed by atoms with Crippen molar-refractivity contribution in [3.63, 3.8) is 0 Å². The van der Waals surface area contributed by atoms with Gasteiger partial charge in [-0.1, -0.05) is 6.07 Å². The number of aryl methyl sites for hydroxylation is 2. The van der Waals surface area contributed by atoms with Gasteiger partial charge in [0.1, 0.15) is 0 Å². The number of rotatable bonds is 8. The highest BCUT2D eigenvalue weighted by Gasteiger charge is 1.96. The average molecular weight is 396 g/mol. The van der Waals surface area contributed by atoms with E-state index in [1.807, 2.05) is 18.5 Å². The summed E-state index contributed by atoms with van der Waals surface area (Å²) in [5.74, 6) is 0.519. The van der Waals surface area contributed by atoms with Crippen LogP contribution in [0.15, 0.2) is 42.0 Å². The zero-order valence-electron chi connectivity index (χ0n) is 13.4. The number of hydrogen-bond acceptors (Lipinski definition) is 3. The van der Waals surface area contributed by atoms with Crippen LogP contribution in [-0.2, 0) is 12.8 Å².